The lowest BCUT2D eigenvalue weighted by molar-refractivity contribution is 0.477. The first-order chi connectivity index (χ1) is 7.65. The van der Waals surface area contributed by atoms with Gasteiger partial charge in [-0.05, 0) is 62.8 Å². The van der Waals surface area contributed by atoms with E-state index in [1.165, 1.54) is 0 Å². The third kappa shape index (κ3) is 3.09. The molecule has 0 amide bonds. The van der Waals surface area contributed by atoms with Gasteiger partial charge in [0.25, 0.3) is 0 Å². The number of aromatic nitrogens is 1. The fraction of sp³-hybridized carbons (Fsp3) is 0. The predicted molar refractivity (Wildman–Crippen MR) is 76.2 cm³/mol. The van der Waals surface area contributed by atoms with Crippen LogP contribution in [0.2, 0.25) is 5.02 Å². The summed E-state index contributed by atoms with van der Waals surface area (Å²) in [6, 6.07) is 7.37. The van der Waals surface area contributed by atoms with E-state index >= 15 is 0 Å². The summed E-state index contributed by atoms with van der Waals surface area (Å²) in [5, 5.41) is 0.655. The van der Waals surface area contributed by atoms with E-state index in [0.717, 1.165) is 8.04 Å². The van der Waals surface area contributed by atoms with Crippen molar-refractivity contribution in [1.29, 1.82) is 0 Å². The van der Waals surface area contributed by atoms with Crippen LogP contribution in [0, 0.1) is 3.57 Å². The highest BCUT2D eigenvalue weighted by molar-refractivity contribution is 14.1. The maximum absolute atomic E-state index is 5.94. The molecule has 0 N–H and O–H groups in total. The molecule has 1 aromatic carbocycles. The number of halogens is 3. The molecular weight excluding hydrogens is 404 g/mol. The number of ether oxygens (including phenoxy) is 1. The van der Waals surface area contributed by atoms with Crippen molar-refractivity contribution in [3.63, 3.8) is 0 Å². The summed E-state index contributed by atoms with van der Waals surface area (Å²) >= 11 is 11.5. The molecule has 82 valence electrons. The van der Waals surface area contributed by atoms with E-state index in [2.05, 4.69) is 43.5 Å². The molecule has 0 unspecified atom stereocenters. The van der Waals surface area contributed by atoms with E-state index in [9.17, 15) is 0 Å². The predicted octanol–water partition coefficient (Wildman–Crippen LogP) is 4.89. The molecule has 0 saturated carbocycles. The van der Waals surface area contributed by atoms with Crippen molar-refractivity contribution in [3.8, 4) is 11.5 Å². The largest absolute Gasteiger partial charge is 0.454 e. The van der Waals surface area contributed by atoms with Crippen LogP contribution in [0.5, 0.6) is 11.5 Å². The molecule has 5 heteroatoms. The Kier molecular flexibility index (Phi) is 4.05. The lowest BCUT2D eigenvalue weighted by Gasteiger charge is -2.07. The van der Waals surface area contributed by atoms with Gasteiger partial charge in [0, 0.05) is 14.8 Å². The molecule has 2 aromatic rings. The van der Waals surface area contributed by atoms with Crippen LogP contribution in [0.1, 0.15) is 0 Å². The number of hydrogen-bond donors (Lipinski definition) is 0. The highest BCUT2D eigenvalue weighted by atomic mass is 127. The van der Waals surface area contributed by atoms with Gasteiger partial charge in [0.05, 0.1) is 10.7 Å². The first-order valence-corrected chi connectivity index (χ1v) is 6.63. The molecule has 1 aromatic heterocycles. The van der Waals surface area contributed by atoms with Crippen molar-refractivity contribution >= 4 is 50.1 Å². The third-order valence-electron chi connectivity index (χ3n) is 1.80. The van der Waals surface area contributed by atoms with Crippen LogP contribution in [-0.2, 0) is 0 Å². The van der Waals surface area contributed by atoms with E-state index < -0.39 is 0 Å². The average molecular weight is 410 g/mol. The number of hydrogen-bond acceptors (Lipinski definition) is 2. The fourth-order valence-corrected chi connectivity index (χ4v) is 2.51. The highest BCUT2D eigenvalue weighted by Crippen LogP contribution is 2.30. The minimum absolute atomic E-state index is 0.655. The topological polar surface area (TPSA) is 22.1 Å². The zero-order chi connectivity index (χ0) is 11.5. The normalized spacial score (nSPS) is 10.2. The second kappa shape index (κ2) is 5.33. The summed E-state index contributed by atoms with van der Waals surface area (Å²) in [4.78, 5) is 4.00. The molecule has 0 radical (unpaired) electrons. The fourth-order valence-electron chi connectivity index (χ4n) is 1.15. The summed E-state index contributed by atoms with van der Waals surface area (Å²) in [6.45, 7) is 0. The van der Waals surface area contributed by atoms with Gasteiger partial charge in [-0.3, -0.25) is 4.98 Å². The Hall–Kier alpha value is -0.330. The second-order valence-corrected chi connectivity index (χ2v) is 5.55. The zero-order valence-corrected chi connectivity index (χ0v) is 12.5. The van der Waals surface area contributed by atoms with E-state index in [4.69, 9.17) is 16.3 Å². The first-order valence-electron chi connectivity index (χ1n) is 4.38. The molecular formula is C11H6BrClINO. The van der Waals surface area contributed by atoms with Crippen LogP contribution in [0.3, 0.4) is 0 Å². The van der Waals surface area contributed by atoms with Crippen molar-refractivity contribution in [3.05, 3.63) is 49.7 Å². The van der Waals surface area contributed by atoms with Gasteiger partial charge < -0.3 is 4.74 Å². The van der Waals surface area contributed by atoms with Crippen molar-refractivity contribution in [2.24, 2.45) is 0 Å². The zero-order valence-electron chi connectivity index (χ0n) is 7.95. The molecule has 0 aliphatic carbocycles. The Morgan fingerprint density at radius 2 is 2.12 bits per heavy atom. The van der Waals surface area contributed by atoms with E-state index in [0.29, 0.717) is 16.5 Å². The molecule has 0 aliphatic rings. The summed E-state index contributed by atoms with van der Waals surface area (Å²) in [6.07, 6.45) is 3.34. The lowest BCUT2D eigenvalue weighted by atomic mass is 10.3. The summed E-state index contributed by atoms with van der Waals surface area (Å²) in [5.74, 6) is 1.37. The van der Waals surface area contributed by atoms with Gasteiger partial charge in [0.2, 0.25) is 0 Å². The number of pyridine rings is 1. The molecule has 16 heavy (non-hydrogen) atoms. The van der Waals surface area contributed by atoms with Gasteiger partial charge in [-0.25, -0.2) is 0 Å². The van der Waals surface area contributed by atoms with Crippen LogP contribution in [0.25, 0.3) is 0 Å². The van der Waals surface area contributed by atoms with Gasteiger partial charge >= 0.3 is 0 Å². The van der Waals surface area contributed by atoms with E-state index in [1.54, 1.807) is 18.5 Å². The average Bonchev–Trinajstić information content (AvgIpc) is 2.20. The molecule has 0 aliphatic heterocycles. The third-order valence-corrected chi connectivity index (χ3v) is 3.29. The van der Waals surface area contributed by atoms with E-state index in [-0.39, 0.29) is 0 Å². The summed E-state index contributed by atoms with van der Waals surface area (Å²) in [7, 11) is 0. The van der Waals surface area contributed by atoms with Crippen LogP contribution in [0.4, 0.5) is 0 Å². The van der Waals surface area contributed by atoms with Crippen molar-refractivity contribution in [1.82, 2.24) is 4.98 Å². The molecule has 0 atom stereocenters. The van der Waals surface area contributed by atoms with Crippen LogP contribution < -0.4 is 4.74 Å². The maximum atomic E-state index is 5.94. The molecule has 2 nitrogen and oxygen atoms in total. The lowest BCUT2D eigenvalue weighted by Crippen LogP contribution is -1.87. The molecule has 0 fully saturated rings. The summed E-state index contributed by atoms with van der Waals surface area (Å²) in [5.41, 5.74) is 0. The monoisotopic (exact) mass is 409 g/mol. The van der Waals surface area contributed by atoms with Gasteiger partial charge in [0.1, 0.15) is 5.75 Å². The SMILES string of the molecule is Clc1cc(I)cc(Oc2cnccc2Br)c1. The standard InChI is InChI=1S/C11H6BrClINO/c12-10-1-2-15-6-11(10)16-9-4-7(13)3-8(14)5-9/h1-6H. The minimum Gasteiger partial charge on any atom is -0.454 e. The Bertz CT molecular complexity index is 501. The smallest absolute Gasteiger partial charge is 0.159 e. The molecule has 0 spiro atoms. The summed E-state index contributed by atoms with van der Waals surface area (Å²) < 4.78 is 7.56. The maximum Gasteiger partial charge on any atom is 0.159 e. The quantitative estimate of drug-likeness (QED) is 0.658. The van der Waals surface area contributed by atoms with Crippen LogP contribution in [-0.4, -0.2) is 4.98 Å². The first kappa shape index (κ1) is 12.1. The van der Waals surface area contributed by atoms with Crippen molar-refractivity contribution in [2.75, 3.05) is 0 Å². The van der Waals surface area contributed by atoms with Gasteiger partial charge in [-0.15, -0.1) is 0 Å². The Balaban J connectivity index is 2.30. The van der Waals surface area contributed by atoms with Crippen molar-refractivity contribution in [2.45, 2.75) is 0 Å². The second-order valence-electron chi connectivity index (χ2n) is 3.01. The molecule has 2 rings (SSSR count). The Morgan fingerprint density at radius 1 is 1.31 bits per heavy atom. The van der Waals surface area contributed by atoms with Gasteiger partial charge in [-0.1, -0.05) is 11.6 Å². The number of benzene rings is 1. The van der Waals surface area contributed by atoms with Crippen LogP contribution in [0.15, 0.2) is 41.1 Å². The van der Waals surface area contributed by atoms with E-state index in [1.807, 2.05) is 18.2 Å². The van der Waals surface area contributed by atoms with Crippen molar-refractivity contribution < 1.29 is 4.74 Å². The Morgan fingerprint density at radius 3 is 2.81 bits per heavy atom. The molecule has 1 heterocycles. The van der Waals surface area contributed by atoms with Gasteiger partial charge in [0.15, 0.2) is 5.75 Å². The molecule has 0 bridgehead atoms. The number of nitrogens with zero attached hydrogens (tertiary/aromatic N) is 1. The Labute approximate surface area is 120 Å². The highest BCUT2D eigenvalue weighted by Gasteiger charge is 2.04. The minimum atomic E-state index is 0.655. The molecule has 0 saturated heterocycles. The van der Waals surface area contributed by atoms with Gasteiger partial charge in [-0.2, -0.15) is 0 Å². The van der Waals surface area contributed by atoms with Crippen LogP contribution >= 0.6 is 50.1 Å². The number of rotatable bonds is 2.